The van der Waals surface area contributed by atoms with E-state index >= 15 is 0 Å². The molecule has 0 atom stereocenters. The van der Waals surface area contributed by atoms with E-state index < -0.39 is 10.0 Å². The van der Waals surface area contributed by atoms with Crippen LogP contribution in [0.25, 0.3) is 10.6 Å². The Kier molecular flexibility index (Phi) is 6.43. The average Bonchev–Trinajstić information content (AvgIpc) is 3.27. The topological polar surface area (TPSA) is 101 Å². The molecule has 1 aromatic heterocycles. The van der Waals surface area contributed by atoms with Gasteiger partial charge in [0.05, 0.1) is 17.6 Å². The molecule has 0 spiro atoms. The van der Waals surface area contributed by atoms with E-state index in [1.165, 1.54) is 25.3 Å². The Balaban J connectivity index is 1.58. The normalized spacial score (nSPS) is 14.9. The van der Waals surface area contributed by atoms with Crippen molar-refractivity contribution in [2.45, 2.75) is 24.7 Å². The lowest BCUT2D eigenvalue weighted by Gasteiger charge is -2.30. The lowest BCUT2D eigenvalue weighted by atomic mass is 9.98. The van der Waals surface area contributed by atoms with E-state index in [2.05, 4.69) is 21.8 Å². The standard InChI is InChI=1S/C22H24N4O4S2/c1-15-10-12-26(13-11-15)21(27)18-14-17(8-9-19(18)30-2)32(28,29)25-22-24-23-20(31-22)16-6-4-3-5-7-16/h3-9,14-15H,10-13H2,1-2H3,(H,24,25). The van der Waals surface area contributed by atoms with Gasteiger partial charge >= 0.3 is 0 Å². The number of benzene rings is 2. The second-order valence-electron chi connectivity index (χ2n) is 7.72. The molecule has 1 amide bonds. The van der Waals surface area contributed by atoms with Crippen molar-refractivity contribution in [3.63, 3.8) is 0 Å². The third-order valence-corrected chi connectivity index (χ3v) is 7.80. The number of methoxy groups -OCH3 is 1. The van der Waals surface area contributed by atoms with Crippen molar-refractivity contribution in [2.24, 2.45) is 5.92 Å². The van der Waals surface area contributed by atoms with E-state index in [9.17, 15) is 13.2 Å². The van der Waals surface area contributed by atoms with Crippen LogP contribution in [0.15, 0.2) is 53.4 Å². The first-order chi connectivity index (χ1) is 15.4. The minimum atomic E-state index is -3.97. The van der Waals surface area contributed by atoms with Gasteiger partial charge in [-0.2, -0.15) is 0 Å². The van der Waals surface area contributed by atoms with E-state index in [0.717, 1.165) is 29.7 Å². The van der Waals surface area contributed by atoms with Gasteiger partial charge < -0.3 is 9.64 Å². The van der Waals surface area contributed by atoms with Crippen LogP contribution in [-0.2, 0) is 10.0 Å². The molecule has 8 nitrogen and oxygen atoms in total. The van der Waals surface area contributed by atoms with Crippen LogP contribution >= 0.6 is 11.3 Å². The number of carbonyl (C=O) groups is 1. The summed E-state index contributed by atoms with van der Waals surface area (Å²) < 4.78 is 33.8. The van der Waals surface area contributed by atoms with Crippen LogP contribution in [0, 0.1) is 5.92 Å². The van der Waals surface area contributed by atoms with Gasteiger partial charge in [0.2, 0.25) is 5.13 Å². The molecule has 1 aliphatic heterocycles. The second-order valence-corrected chi connectivity index (χ2v) is 10.4. The summed E-state index contributed by atoms with van der Waals surface area (Å²) in [5.41, 5.74) is 1.08. The van der Waals surface area contributed by atoms with Crippen molar-refractivity contribution >= 4 is 32.4 Å². The Morgan fingerprint density at radius 2 is 1.84 bits per heavy atom. The Morgan fingerprint density at radius 3 is 2.53 bits per heavy atom. The monoisotopic (exact) mass is 472 g/mol. The van der Waals surface area contributed by atoms with Crippen molar-refractivity contribution in [3.05, 3.63) is 54.1 Å². The first-order valence-corrected chi connectivity index (χ1v) is 12.6. The maximum absolute atomic E-state index is 13.1. The first kappa shape index (κ1) is 22.2. The molecule has 1 fully saturated rings. The number of piperidine rings is 1. The number of likely N-dealkylation sites (tertiary alicyclic amines) is 1. The summed E-state index contributed by atoms with van der Waals surface area (Å²) in [6.07, 6.45) is 1.85. The number of aromatic nitrogens is 2. The molecule has 0 radical (unpaired) electrons. The molecule has 1 aliphatic rings. The van der Waals surface area contributed by atoms with Crippen LogP contribution in [0.3, 0.4) is 0 Å². The van der Waals surface area contributed by atoms with Crippen molar-refractivity contribution in [1.29, 1.82) is 0 Å². The number of hydrogen-bond acceptors (Lipinski definition) is 7. The maximum Gasteiger partial charge on any atom is 0.263 e. The predicted octanol–water partition coefficient (Wildman–Crippen LogP) is 3.89. The second kappa shape index (κ2) is 9.25. The van der Waals surface area contributed by atoms with E-state index in [1.807, 2.05) is 30.3 Å². The third-order valence-electron chi connectivity index (χ3n) is 5.45. The fraction of sp³-hybridized carbons (Fsp3) is 0.318. The van der Waals surface area contributed by atoms with Gasteiger partial charge in [-0.15, -0.1) is 10.2 Å². The number of nitrogens with one attached hydrogen (secondary N) is 1. The van der Waals surface area contributed by atoms with Gasteiger partial charge in [0.1, 0.15) is 10.8 Å². The van der Waals surface area contributed by atoms with Gasteiger partial charge in [0.25, 0.3) is 15.9 Å². The number of rotatable bonds is 6. The molecule has 0 saturated carbocycles. The van der Waals surface area contributed by atoms with Gasteiger partial charge in [-0.25, -0.2) is 8.42 Å². The first-order valence-electron chi connectivity index (χ1n) is 10.3. The molecule has 3 aromatic rings. The van der Waals surface area contributed by atoms with Crippen LogP contribution in [0.5, 0.6) is 5.75 Å². The SMILES string of the molecule is COc1ccc(S(=O)(=O)Nc2nnc(-c3ccccc3)s2)cc1C(=O)N1CCC(C)CC1. The van der Waals surface area contributed by atoms with Gasteiger partial charge in [0, 0.05) is 18.7 Å². The number of nitrogens with zero attached hydrogens (tertiary/aromatic N) is 3. The molecule has 4 rings (SSSR count). The minimum absolute atomic E-state index is 0.0384. The zero-order valence-electron chi connectivity index (χ0n) is 17.8. The van der Waals surface area contributed by atoms with E-state index in [1.54, 1.807) is 4.90 Å². The number of sulfonamides is 1. The summed E-state index contributed by atoms with van der Waals surface area (Å²) in [4.78, 5) is 14.8. The van der Waals surface area contributed by atoms with Crippen LogP contribution in [0.2, 0.25) is 0 Å². The van der Waals surface area contributed by atoms with Crippen molar-refractivity contribution < 1.29 is 17.9 Å². The lowest BCUT2D eigenvalue weighted by molar-refractivity contribution is 0.0693. The van der Waals surface area contributed by atoms with Crippen LogP contribution in [-0.4, -0.2) is 49.6 Å². The Morgan fingerprint density at radius 1 is 1.12 bits per heavy atom. The van der Waals surface area contributed by atoms with Crippen molar-refractivity contribution in [1.82, 2.24) is 15.1 Å². The highest BCUT2D eigenvalue weighted by Crippen LogP contribution is 2.30. The molecule has 1 saturated heterocycles. The summed E-state index contributed by atoms with van der Waals surface area (Å²) >= 11 is 1.14. The van der Waals surface area contributed by atoms with Gasteiger partial charge in [0.15, 0.2) is 0 Å². The van der Waals surface area contributed by atoms with Gasteiger partial charge in [-0.05, 0) is 37.0 Å². The quantitative estimate of drug-likeness (QED) is 0.584. The van der Waals surface area contributed by atoms with Gasteiger partial charge in [-0.1, -0.05) is 48.6 Å². The smallest absolute Gasteiger partial charge is 0.263 e. The van der Waals surface area contributed by atoms with E-state index in [0.29, 0.717) is 29.8 Å². The Labute approximate surface area is 191 Å². The molecule has 2 aromatic carbocycles. The molecular weight excluding hydrogens is 448 g/mol. The minimum Gasteiger partial charge on any atom is -0.496 e. The highest BCUT2D eigenvalue weighted by atomic mass is 32.2. The van der Waals surface area contributed by atoms with Crippen LogP contribution < -0.4 is 9.46 Å². The summed E-state index contributed by atoms with van der Waals surface area (Å²) in [7, 11) is -2.51. The van der Waals surface area contributed by atoms with E-state index in [4.69, 9.17) is 4.74 Å². The number of hydrogen-bond donors (Lipinski definition) is 1. The number of ether oxygens (including phenoxy) is 1. The molecular formula is C22H24N4O4S2. The molecule has 32 heavy (non-hydrogen) atoms. The molecule has 10 heteroatoms. The largest absolute Gasteiger partial charge is 0.496 e. The number of anilines is 1. The Bertz CT molecular complexity index is 1200. The molecule has 0 bridgehead atoms. The maximum atomic E-state index is 13.1. The zero-order valence-corrected chi connectivity index (χ0v) is 19.4. The van der Waals surface area contributed by atoms with Crippen LogP contribution in [0.4, 0.5) is 5.13 Å². The zero-order chi connectivity index (χ0) is 22.7. The average molecular weight is 473 g/mol. The molecule has 1 N–H and O–H groups in total. The highest BCUT2D eigenvalue weighted by molar-refractivity contribution is 7.93. The number of amides is 1. The fourth-order valence-electron chi connectivity index (χ4n) is 3.54. The van der Waals surface area contributed by atoms with Gasteiger partial charge in [-0.3, -0.25) is 9.52 Å². The summed E-state index contributed by atoms with van der Waals surface area (Å²) in [6.45, 7) is 3.45. The molecule has 2 heterocycles. The summed E-state index contributed by atoms with van der Waals surface area (Å²) in [5, 5.41) is 8.77. The van der Waals surface area contributed by atoms with Crippen molar-refractivity contribution in [2.75, 3.05) is 24.9 Å². The fourth-order valence-corrected chi connectivity index (χ4v) is 5.54. The Hall–Kier alpha value is -2.98. The summed E-state index contributed by atoms with van der Waals surface area (Å²) in [5.74, 6) is 0.687. The summed E-state index contributed by atoms with van der Waals surface area (Å²) in [6, 6.07) is 13.7. The predicted molar refractivity (Wildman–Crippen MR) is 123 cm³/mol. The molecule has 168 valence electrons. The number of carbonyl (C=O) groups excluding carboxylic acids is 1. The van der Waals surface area contributed by atoms with E-state index in [-0.39, 0.29) is 21.5 Å². The molecule has 0 unspecified atom stereocenters. The highest BCUT2D eigenvalue weighted by Gasteiger charge is 2.26. The van der Waals surface area contributed by atoms with Crippen LogP contribution in [0.1, 0.15) is 30.1 Å². The lowest BCUT2D eigenvalue weighted by Crippen LogP contribution is -2.38. The molecule has 0 aliphatic carbocycles. The van der Waals surface area contributed by atoms with Crippen molar-refractivity contribution in [3.8, 4) is 16.3 Å². The third kappa shape index (κ3) is 4.76.